The van der Waals surface area contributed by atoms with Gasteiger partial charge in [0.2, 0.25) is 0 Å². The van der Waals surface area contributed by atoms with Gasteiger partial charge in [-0.1, -0.05) is 42.4 Å². The van der Waals surface area contributed by atoms with E-state index in [1.807, 2.05) is 43.3 Å². The van der Waals surface area contributed by atoms with Gasteiger partial charge in [0.1, 0.15) is 5.69 Å². The predicted octanol–water partition coefficient (Wildman–Crippen LogP) is 4.30. The molecular formula is C20H21N3O2. The summed E-state index contributed by atoms with van der Waals surface area (Å²) in [5.41, 5.74) is 3.56. The Labute approximate surface area is 146 Å². The average molecular weight is 335 g/mol. The van der Waals surface area contributed by atoms with Crippen molar-refractivity contribution in [3.05, 3.63) is 47.7 Å². The van der Waals surface area contributed by atoms with Crippen LogP contribution in [-0.4, -0.2) is 22.1 Å². The molecule has 4 rings (SSSR count). The van der Waals surface area contributed by atoms with E-state index in [2.05, 4.69) is 22.4 Å². The molecule has 1 saturated carbocycles. The van der Waals surface area contributed by atoms with Crippen LogP contribution in [0.4, 0.5) is 0 Å². The highest BCUT2D eigenvalue weighted by Crippen LogP contribution is 2.41. The van der Waals surface area contributed by atoms with Gasteiger partial charge in [0.15, 0.2) is 0 Å². The highest BCUT2D eigenvalue weighted by atomic mass is 16.5. The number of pyridine rings is 1. The molecule has 25 heavy (non-hydrogen) atoms. The molecule has 3 aromatic rings. The maximum absolute atomic E-state index is 12.9. The fourth-order valence-corrected chi connectivity index (χ4v) is 2.93. The number of hydrogen-bond donors (Lipinski definition) is 1. The molecule has 1 aliphatic rings. The van der Waals surface area contributed by atoms with Crippen molar-refractivity contribution in [2.75, 3.05) is 0 Å². The van der Waals surface area contributed by atoms with Gasteiger partial charge in [-0.15, -0.1) is 0 Å². The molecular weight excluding hydrogens is 314 g/mol. The number of carbonyl (C=O) groups is 1. The standard InChI is InChI=1S/C20H21N3O2/c1-3-12(2)21-19(24)15-11-16(13-9-10-13)22-20-17(15)18(23-25-20)14-7-5-4-6-8-14/h4-8,11-13H,3,9-10H2,1-2H3,(H,21,24). The highest BCUT2D eigenvalue weighted by molar-refractivity contribution is 6.09. The summed E-state index contributed by atoms with van der Waals surface area (Å²) in [6.45, 7) is 4.06. The largest absolute Gasteiger partial charge is 0.350 e. The quantitative estimate of drug-likeness (QED) is 0.755. The van der Waals surface area contributed by atoms with Crippen molar-refractivity contribution in [1.29, 1.82) is 0 Å². The summed E-state index contributed by atoms with van der Waals surface area (Å²) in [5.74, 6) is 0.342. The minimum Gasteiger partial charge on any atom is -0.350 e. The zero-order valence-corrected chi connectivity index (χ0v) is 14.5. The number of fused-ring (bicyclic) bond motifs is 1. The highest BCUT2D eigenvalue weighted by Gasteiger charge is 2.29. The molecule has 0 bridgehead atoms. The van der Waals surface area contributed by atoms with Crippen molar-refractivity contribution in [2.24, 2.45) is 0 Å². The Hall–Kier alpha value is -2.69. The first-order valence-corrected chi connectivity index (χ1v) is 8.84. The zero-order chi connectivity index (χ0) is 17.4. The number of nitrogens with one attached hydrogen (secondary N) is 1. The van der Waals surface area contributed by atoms with Gasteiger partial charge < -0.3 is 9.84 Å². The summed E-state index contributed by atoms with van der Waals surface area (Å²) in [4.78, 5) is 17.5. The lowest BCUT2D eigenvalue weighted by Crippen LogP contribution is -2.32. The van der Waals surface area contributed by atoms with Gasteiger partial charge in [-0.05, 0) is 32.3 Å². The summed E-state index contributed by atoms with van der Waals surface area (Å²) in [5, 5.41) is 7.96. The number of amides is 1. The van der Waals surface area contributed by atoms with E-state index >= 15 is 0 Å². The molecule has 2 heterocycles. The first kappa shape index (κ1) is 15.8. The van der Waals surface area contributed by atoms with Crippen molar-refractivity contribution in [2.45, 2.75) is 45.1 Å². The molecule has 0 aliphatic heterocycles. The molecule has 1 aliphatic carbocycles. The third kappa shape index (κ3) is 3.02. The van der Waals surface area contributed by atoms with E-state index in [0.29, 0.717) is 28.3 Å². The van der Waals surface area contributed by atoms with Crippen LogP contribution in [0.1, 0.15) is 55.1 Å². The number of rotatable bonds is 5. The van der Waals surface area contributed by atoms with Gasteiger partial charge in [0, 0.05) is 23.2 Å². The maximum Gasteiger partial charge on any atom is 0.259 e. The van der Waals surface area contributed by atoms with E-state index in [9.17, 15) is 4.79 Å². The lowest BCUT2D eigenvalue weighted by molar-refractivity contribution is 0.0940. The van der Waals surface area contributed by atoms with E-state index in [1.54, 1.807) is 0 Å². The normalized spacial score (nSPS) is 15.3. The Kier molecular flexibility index (Phi) is 3.99. The zero-order valence-electron chi connectivity index (χ0n) is 14.5. The second-order valence-electron chi connectivity index (χ2n) is 6.73. The number of benzene rings is 1. The SMILES string of the molecule is CCC(C)NC(=O)c1cc(C2CC2)nc2onc(-c3ccccc3)c12. The van der Waals surface area contributed by atoms with Crippen molar-refractivity contribution >= 4 is 17.0 Å². The van der Waals surface area contributed by atoms with Gasteiger partial charge in [-0.25, -0.2) is 4.98 Å². The van der Waals surface area contributed by atoms with Crippen LogP contribution >= 0.6 is 0 Å². The summed E-state index contributed by atoms with van der Waals surface area (Å²) in [6.07, 6.45) is 3.11. The van der Waals surface area contributed by atoms with E-state index < -0.39 is 0 Å². The van der Waals surface area contributed by atoms with Crippen LogP contribution in [0.3, 0.4) is 0 Å². The molecule has 1 amide bonds. The van der Waals surface area contributed by atoms with Crippen LogP contribution < -0.4 is 5.32 Å². The smallest absolute Gasteiger partial charge is 0.259 e. The molecule has 1 aromatic carbocycles. The number of nitrogens with zero attached hydrogens (tertiary/aromatic N) is 2. The Balaban J connectivity index is 1.87. The average Bonchev–Trinajstić information content (AvgIpc) is 3.40. The molecule has 1 atom stereocenters. The second kappa shape index (κ2) is 6.31. The molecule has 0 radical (unpaired) electrons. The van der Waals surface area contributed by atoms with Gasteiger partial charge in [0.05, 0.1) is 10.9 Å². The lowest BCUT2D eigenvalue weighted by Gasteiger charge is -2.13. The number of hydrogen-bond acceptors (Lipinski definition) is 4. The van der Waals surface area contributed by atoms with Gasteiger partial charge >= 0.3 is 0 Å². The molecule has 1 fully saturated rings. The van der Waals surface area contributed by atoms with Crippen molar-refractivity contribution in [3.63, 3.8) is 0 Å². The predicted molar refractivity (Wildman–Crippen MR) is 96.4 cm³/mol. The summed E-state index contributed by atoms with van der Waals surface area (Å²) < 4.78 is 5.50. The molecule has 0 spiro atoms. The van der Waals surface area contributed by atoms with E-state index in [0.717, 1.165) is 30.5 Å². The molecule has 0 saturated heterocycles. The van der Waals surface area contributed by atoms with Gasteiger partial charge in [0.25, 0.3) is 11.6 Å². The molecule has 1 unspecified atom stereocenters. The van der Waals surface area contributed by atoms with Crippen molar-refractivity contribution in [3.8, 4) is 11.3 Å². The maximum atomic E-state index is 12.9. The molecule has 2 aromatic heterocycles. The van der Waals surface area contributed by atoms with Crippen LogP contribution in [0.2, 0.25) is 0 Å². The molecule has 5 nitrogen and oxygen atoms in total. The minimum atomic E-state index is -0.0935. The Morgan fingerprint density at radius 2 is 2.08 bits per heavy atom. The van der Waals surface area contributed by atoms with E-state index in [-0.39, 0.29) is 11.9 Å². The summed E-state index contributed by atoms with van der Waals surface area (Å²) in [6, 6.07) is 11.8. The number of aromatic nitrogens is 2. The van der Waals surface area contributed by atoms with E-state index in [4.69, 9.17) is 4.52 Å². The molecule has 1 N–H and O–H groups in total. The van der Waals surface area contributed by atoms with Crippen LogP contribution in [0, 0.1) is 0 Å². The van der Waals surface area contributed by atoms with Crippen LogP contribution in [-0.2, 0) is 0 Å². The van der Waals surface area contributed by atoms with Crippen LogP contribution in [0.5, 0.6) is 0 Å². The van der Waals surface area contributed by atoms with Crippen molar-refractivity contribution < 1.29 is 9.32 Å². The summed E-state index contributed by atoms with van der Waals surface area (Å²) >= 11 is 0. The second-order valence-corrected chi connectivity index (χ2v) is 6.73. The Bertz CT molecular complexity index is 913. The third-order valence-corrected chi connectivity index (χ3v) is 4.74. The molecule has 5 heteroatoms. The Morgan fingerprint density at radius 1 is 1.32 bits per heavy atom. The van der Waals surface area contributed by atoms with Crippen LogP contribution in [0.15, 0.2) is 40.9 Å². The van der Waals surface area contributed by atoms with Crippen molar-refractivity contribution in [1.82, 2.24) is 15.5 Å². The molecule has 128 valence electrons. The first-order chi connectivity index (χ1) is 12.2. The number of carbonyl (C=O) groups excluding carboxylic acids is 1. The van der Waals surface area contributed by atoms with Gasteiger partial charge in [-0.3, -0.25) is 4.79 Å². The third-order valence-electron chi connectivity index (χ3n) is 4.74. The summed E-state index contributed by atoms with van der Waals surface area (Å²) in [7, 11) is 0. The van der Waals surface area contributed by atoms with E-state index in [1.165, 1.54) is 0 Å². The topological polar surface area (TPSA) is 68.0 Å². The monoisotopic (exact) mass is 335 g/mol. The van der Waals surface area contributed by atoms with Gasteiger partial charge in [-0.2, -0.15) is 0 Å². The Morgan fingerprint density at radius 3 is 2.76 bits per heavy atom. The first-order valence-electron chi connectivity index (χ1n) is 8.84. The fourth-order valence-electron chi connectivity index (χ4n) is 2.93. The van der Waals surface area contributed by atoms with Crippen LogP contribution in [0.25, 0.3) is 22.4 Å². The minimum absolute atomic E-state index is 0.0935. The fraction of sp³-hybridized carbons (Fsp3) is 0.350. The lowest BCUT2D eigenvalue weighted by atomic mass is 10.0.